The van der Waals surface area contributed by atoms with Crippen LogP contribution in [0.3, 0.4) is 0 Å². The summed E-state index contributed by atoms with van der Waals surface area (Å²) >= 11 is 0. The average molecular weight is 356 g/mol. The van der Waals surface area contributed by atoms with Crippen LogP contribution in [0.15, 0.2) is 54.1 Å². The Hall–Kier alpha value is -2.49. The van der Waals surface area contributed by atoms with E-state index in [9.17, 15) is 13.6 Å². The highest BCUT2D eigenvalue weighted by Gasteiger charge is 2.35. The molecule has 0 aliphatic heterocycles. The molecule has 136 valence electrons. The molecule has 2 aromatic rings. The van der Waals surface area contributed by atoms with E-state index in [4.69, 9.17) is 4.74 Å². The van der Waals surface area contributed by atoms with Gasteiger partial charge in [-0.15, -0.1) is 0 Å². The van der Waals surface area contributed by atoms with E-state index in [1.54, 1.807) is 24.3 Å². The Balaban J connectivity index is 2.09. The zero-order valence-electron chi connectivity index (χ0n) is 14.8. The van der Waals surface area contributed by atoms with Crippen LogP contribution in [0.25, 0.3) is 5.57 Å². The van der Waals surface area contributed by atoms with Gasteiger partial charge in [-0.05, 0) is 66.1 Å². The molecule has 0 spiro atoms. The summed E-state index contributed by atoms with van der Waals surface area (Å²) in [5.41, 5.74) is 2.77. The van der Waals surface area contributed by atoms with Crippen molar-refractivity contribution in [3.8, 4) is 0 Å². The SMILES string of the molecule is CCCCOC(=O)C(=C(c1ccc(F)cc1)c1ccc(F)cc1)C1CC1. The van der Waals surface area contributed by atoms with Crippen LogP contribution in [-0.2, 0) is 9.53 Å². The molecule has 4 heteroatoms. The number of unbranched alkanes of at least 4 members (excludes halogenated alkanes) is 1. The summed E-state index contributed by atoms with van der Waals surface area (Å²) in [4.78, 5) is 12.8. The predicted octanol–water partition coefficient (Wildman–Crippen LogP) is 5.52. The van der Waals surface area contributed by atoms with Crippen molar-refractivity contribution < 1.29 is 18.3 Å². The van der Waals surface area contributed by atoms with Crippen LogP contribution < -0.4 is 0 Å². The van der Waals surface area contributed by atoms with E-state index in [2.05, 4.69) is 0 Å². The molecule has 0 radical (unpaired) electrons. The lowest BCUT2D eigenvalue weighted by Crippen LogP contribution is -2.13. The number of carbonyl (C=O) groups is 1. The van der Waals surface area contributed by atoms with Crippen molar-refractivity contribution in [2.45, 2.75) is 32.6 Å². The van der Waals surface area contributed by atoms with Crippen molar-refractivity contribution >= 4 is 11.5 Å². The molecule has 0 bridgehead atoms. The maximum absolute atomic E-state index is 13.4. The number of rotatable bonds is 7. The lowest BCUT2D eigenvalue weighted by Gasteiger charge is -2.16. The predicted molar refractivity (Wildman–Crippen MR) is 97.4 cm³/mol. The third kappa shape index (κ3) is 4.37. The van der Waals surface area contributed by atoms with Crippen molar-refractivity contribution in [2.24, 2.45) is 5.92 Å². The molecular weight excluding hydrogens is 334 g/mol. The highest BCUT2D eigenvalue weighted by atomic mass is 19.1. The summed E-state index contributed by atoms with van der Waals surface area (Å²) in [5.74, 6) is -0.879. The van der Waals surface area contributed by atoms with Gasteiger partial charge in [0.05, 0.1) is 6.61 Å². The number of esters is 1. The normalized spacial score (nSPS) is 13.3. The van der Waals surface area contributed by atoms with Crippen LogP contribution in [0, 0.1) is 17.6 Å². The van der Waals surface area contributed by atoms with Gasteiger partial charge in [0, 0.05) is 5.57 Å². The zero-order chi connectivity index (χ0) is 18.5. The van der Waals surface area contributed by atoms with Crippen molar-refractivity contribution in [1.29, 1.82) is 0 Å². The van der Waals surface area contributed by atoms with Crippen molar-refractivity contribution in [3.05, 3.63) is 76.9 Å². The van der Waals surface area contributed by atoms with Gasteiger partial charge in [0.25, 0.3) is 0 Å². The molecule has 1 saturated carbocycles. The van der Waals surface area contributed by atoms with Crippen molar-refractivity contribution in [3.63, 3.8) is 0 Å². The fourth-order valence-corrected chi connectivity index (χ4v) is 2.94. The van der Waals surface area contributed by atoms with Crippen LogP contribution in [0.2, 0.25) is 0 Å². The Morgan fingerprint density at radius 3 is 1.88 bits per heavy atom. The minimum absolute atomic E-state index is 0.134. The Morgan fingerprint density at radius 2 is 1.46 bits per heavy atom. The van der Waals surface area contributed by atoms with Gasteiger partial charge in [0.15, 0.2) is 0 Å². The van der Waals surface area contributed by atoms with Gasteiger partial charge in [-0.1, -0.05) is 37.6 Å². The Kier molecular flexibility index (Phi) is 5.82. The van der Waals surface area contributed by atoms with Gasteiger partial charge < -0.3 is 4.74 Å². The summed E-state index contributed by atoms with van der Waals surface area (Å²) in [6, 6.07) is 12.1. The maximum Gasteiger partial charge on any atom is 0.334 e. The highest BCUT2D eigenvalue weighted by Crippen LogP contribution is 2.43. The summed E-state index contributed by atoms with van der Waals surface area (Å²) in [7, 11) is 0. The molecule has 0 aromatic heterocycles. The van der Waals surface area contributed by atoms with E-state index in [0.717, 1.165) is 36.8 Å². The average Bonchev–Trinajstić information content (AvgIpc) is 3.46. The fraction of sp³-hybridized carbons (Fsp3) is 0.318. The molecule has 1 aliphatic carbocycles. The number of carbonyl (C=O) groups excluding carboxylic acids is 1. The second-order valence-electron chi connectivity index (χ2n) is 6.57. The van der Waals surface area contributed by atoms with E-state index in [0.29, 0.717) is 17.8 Å². The van der Waals surface area contributed by atoms with Crippen LogP contribution in [-0.4, -0.2) is 12.6 Å². The largest absolute Gasteiger partial charge is 0.462 e. The first-order valence-corrected chi connectivity index (χ1v) is 9.03. The first kappa shape index (κ1) is 18.3. The Labute approximate surface area is 152 Å². The van der Waals surface area contributed by atoms with Gasteiger partial charge in [-0.25, -0.2) is 13.6 Å². The number of hydrogen-bond donors (Lipinski definition) is 0. The van der Waals surface area contributed by atoms with E-state index in [-0.39, 0.29) is 23.5 Å². The minimum atomic E-state index is -0.342. The molecule has 0 atom stereocenters. The molecule has 0 N–H and O–H groups in total. The molecule has 1 aliphatic rings. The van der Waals surface area contributed by atoms with E-state index in [1.807, 2.05) is 6.92 Å². The van der Waals surface area contributed by atoms with Gasteiger partial charge in [0.2, 0.25) is 0 Å². The second-order valence-corrected chi connectivity index (χ2v) is 6.57. The van der Waals surface area contributed by atoms with E-state index < -0.39 is 0 Å². The molecule has 0 heterocycles. The summed E-state index contributed by atoms with van der Waals surface area (Å²) < 4.78 is 32.2. The van der Waals surface area contributed by atoms with Crippen molar-refractivity contribution in [1.82, 2.24) is 0 Å². The Morgan fingerprint density at radius 1 is 0.962 bits per heavy atom. The van der Waals surface area contributed by atoms with E-state index in [1.165, 1.54) is 24.3 Å². The molecule has 0 unspecified atom stereocenters. The number of ether oxygens (including phenoxy) is 1. The first-order valence-electron chi connectivity index (χ1n) is 9.03. The van der Waals surface area contributed by atoms with Gasteiger partial charge >= 0.3 is 5.97 Å². The van der Waals surface area contributed by atoms with E-state index >= 15 is 0 Å². The van der Waals surface area contributed by atoms with Gasteiger partial charge in [-0.2, -0.15) is 0 Å². The summed E-state index contributed by atoms with van der Waals surface area (Å²) in [5, 5.41) is 0. The zero-order valence-corrected chi connectivity index (χ0v) is 14.8. The molecule has 2 nitrogen and oxygen atoms in total. The first-order chi connectivity index (χ1) is 12.6. The quantitative estimate of drug-likeness (QED) is 0.371. The maximum atomic E-state index is 13.4. The second kappa shape index (κ2) is 8.26. The Bertz CT molecular complexity index is 740. The van der Waals surface area contributed by atoms with Crippen LogP contribution in [0.5, 0.6) is 0 Å². The van der Waals surface area contributed by atoms with Gasteiger partial charge in [0.1, 0.15) is 11.6 Å². The number of halogens is 2. The molecule has 2 aromatic carbocycles. The van der Waals surface area contributed by atoms with Crippen LogP contribution in [0.4, 0.5) is 8.78 Å². The third-order valence-electron chi connectivity index (χ3n) is 4.47. The van der Waals surface area contributed by atoms with Crippen LogP contribution >= 0.6 is 0 Å². The lowest BCUT2D eigenvalue weighted by molar-refractivity contribution is -0.139. The molecule has 3 rings (SSSR count). The summed E-state index contributed by atoms with van der Waals surface area (Å²) in [6.45, 7) is 2.42. The minimum Gasteiger partial charge on any atom is -0.462 e. The molecule has 26 heavy (non-hydrogen) atoms. The highest BCUT2D eigenvalue weighted by molar-refractivity contribution is 6.02. The van der Waals surface area contributed by atoms with Crippen molar-refractivity contribution in [2.75, 3.05) is 6.61 Å². The van der Waals surface area contributed by atoms with Gasteiger partial charge in [-0.3, -0.25) is 0 Å². The molecular formula is C22H22F2O2. The standard InChI is InChI=1S/C22H22F2O2/c1-2-3-14-26-22(25)21(17-4-5-17)20(15-6-10-18(23)11-7-15)16-8-12-19(24)13-9-16/h6-13,17H,2-5,14H2,1H3. The molecule has 0 amide bonds. The molecule has 0 saturated heterocycles. The smallest absolute Gasteiger partial charge is 0.334 e. The summed E-state index contributed by atoms with van der Waals surface area (Å²) in [6.07, 6.45) is 3.60. The molecule has 1 fully saturated rings. The lowest BCUT2D eigenvalue weighted by atomic mass is 9.90. The number of hydrogen-bond acceptors (Lipinski definition) is 2. The monoisotopic (exact) mass is 356 g/mol. The fourth-order valence-electron chi connectivity index (χ4n) is 2.94. The van der Waals surface area contributed by atoms with Crippen LogP contribution in [0.1, 0.15) is 43.7 Å². The number of benzene rings is 2. The topological polar surface area (TPSA) is 26.3 Å². The third-order valence-corrected chi connectivity index (χ3v) is 4.47.